The molecular formula is C21H17F3N2O2. The molecule has 0 saturated heterocycles. The van der Waals surface area contributed by atoms with Gasteiger partial charge in [0.1, 0.15) is 12.4 Å². The number of benzene rings is 3. The predicted molar refractivity (Wildman–Crippen MR) is 99.7 cm³/mol. The first kappa shape index (κ1) is 19.3. The van der Waals surface area contributed by atoms with Gasteiger partial charge in [0.25, 0.3) is 5.91 Å². The maximum atomic E-state index is 12.7. The number of hydrazine groups is 1. The summed E-state index contributed by atoms with van der Waals surface area (Å²) in [6.07, 6.45) is -4.45. The van der Waals surface area contributed by atoms with Crippen LogP contribution in [0.15, 0.2) is 78.9 Å². The zero-order valence-corrected chi connectivity index (χ0v) is 14.7. The molecule has 0 atom stereocenters. The van der Waals surface area contributed by atoms with E-state index in [2.05, 4.69) is 10.9 Å². The van der Waals surface area contributed by atoms with Gasteiger partial charge in [0.05, 0.1) is 11.3 Å². The van der Waals surface area contributed by atoms with Gasteiger partial charge in [0.2, 0.25) is 0 Å². The summed E-state index contributed by atoms with van der Waals surface area (Å²) in [5.74, 6) is 0.0122. The van der Waals surface area contributed by atoms with Gasteiger partial charge in [0, 0.05) is 5.56 Å². The molecule has 0 aliphatic rings. The van der Waals surface area contributed by atoms with Crippen molar-refractivity contribution in [1.82, 2.24) is 5.43 Å². The Bertz CT molecular complexity index is 944. The lowest BCUT2D eigenvalue weighted by molar-refractivity contribution is -0.137. The SMILES string of the molecule is O=C(NNc1cccc(C(F)(F)F)c1)c1cccc(OCc2ccccc2)c1. The van der Waals surface area contributed by atoms with E-state index in [1.807, 2.05) is 30.3 Å². The Kier molecular flexibility index (Phi) is 5.84. The van der Waals surface area contributed by atoms with Gasteiger partial charge in [-0.05, 0) is 42.0 Å². The number of amides is 1. The van der Waals surface area contributed by atoms with E-state index < -0.39 is 17.6 Å². The first-order valence-electron chi connectivity index (χ1n) is 8.42. The van der Waals surface area contributed by atoms with Crippen LogP contribution in [0, 0.1) is 0 Å². The highest BCUT2D eigenvalue weighted by molar-refractivity contribution is 5.95. The van der Waals surface area contributed by atoms with E-state index in [-0.39, 0.29) is 5.69 Å². The van der Waals surface area contributed by atoms with Crippen LogP contribution in [0.1, 0.15) is 21.5 Å². The number of hydrogen-bond donors (Lipinski definition) is 2. The number of nitrogens with one attached hydrogen (secondary N) is 2. The van der Waals surface area contributed by atoms with E-state index in [1.165, 1.54) is 12.1 Å². The molecule has 0 unspecified atom stereocenters. The number of halogens is 3. The van der Waals surface area contributed by atoms with Gasteiger partial charge in [-0.15, -0.1) is 0 Å². The lowest BCUT2D eigenvalue weighted by Gasteiger charge is -2.12. The molecule has 1 amide bonds. The van der Waals surface area contributed by atoms with Crippen molar-refractivity contribution in [3.8, 4) is 5.75 Å². The van der Waals surface area contributed by atoms with Crippen molar-refractivity contribution in [2.24, 2.45) is 0 Å². The van der Waals surface area contributed by atoms with Crippen LogP contribution in [0.5, 0.6) is 5.75 Å². The van der Waals surface area contributed by atoms with Crippen LogP contribution in [0.3, 0.4) is 0 Å². The minimum atomic E-state index is -4.45. The second-order valence-electron chi connectivity index (χ2n) is 5.96. The zero-order valence-electron chi connectivity index (χ0n) is 14.7. The normalized spacial score (nSPS) is 11.0. The topological polar surface area (TPSA) is 50.4 Å². The molecule has 0 aliphatic carbocycles. The molecule has 2 N–H and O–H groups in total. The van der Waals surface area contributed by atoms with E-state index in [0.717, 1.165) is 17.7 Å². The Labute approximate surface area is 159 Å². The Morgan fingerprint density at radius 1 is 0.893 bits per heavy atom. The van der Waals surface area contributed by atoms with Crippen LogP contribution in [-0.2, 0) is 12.8 Å². The first-order chi connectivity index (χ1) is 13.4. The molecule has 0 fully saturated rings. The molecule has 3 aromatic rings. The standard InChI is InChI=1S/C21H17F3N2O2/c22-21(23,24)17-9-5-10-18(13-17)25-26-20(27)16-8-4-11-19(12-16)28-14-15-6-2-1-3-7-15/h1-13,25H,14H2,(H,26,27). The molecular weight excluding hydrogens is 369 g/mol. The number of carbonyl (C=O) groups is 1. The van der Waals surface area contributed by atoms with Crippen LogP contribution in [0.25, 0.3) is 0 Å². The summed E-state index contributed by atoms with van der Waals surface area (Å²) in [6, 6.07) is 20.7. The molecule has 0 heterocycles. The van der Waals surface area contributed by atoms with Crippen molar-refractivity contribution < 1.29 is 22.7 Å². The van der Waals surface area contributed by atoms with Crippen LogP contribution in [0.4, 0.5) is 18.9 Å². The predicted octanol–water partition coefficient (Wildman–Crippen LogP) is 5.04. The third kappa shape index (κ3) is 5.26. The smallest absolute Gasteiger partial charge is 0.416 e. The van der Waals surface area contributed by atoms with Crippen molar-refractivity contribution in [2.75, 3.05) is 5.43 Å². The summed E-state index contributed by atoms with van der Waals surface area (Å²) in [5.41, 5.74) is 5.50. The average molecular weight is 386 g/mol. The number of rotatable bonds is 6. The lowest BCUT2D eigenvalue weighted by Crippen LogP contribution is -2.29. The second-order valence-corrected chi connectivity index (χ2v) is 5.96. The monoisotopic (exact) mass is 386 g/mol. The zero-order chi connectivity index (χ0) is 20.0. The van der Waals surface area contributed by atoms with Crippen molar-refractivity contribution in [3.63, 3.8) is 0 Å². The number of hydrogen-bond acceptors (Lipinski definition) is 3. The molecule has 3 rings (SSSR count). The fourth-order valence-electron chi connectivity index (χ4n) is 2.44. The van der Waals surface area contributed by atoms with Crippen molar-refractivity contribution in [1.29, 1.82) is 0 Å². The number of ether oxygens (including phenoxy) is 1. The van der Waals surface area contributed by atoms with Gasteiger partial charge in [-0.25, -0.2) is 0 Å². The van der Waals surface area contributed by atoms with Gasteiger partial charge in [0.15, 0.2) is 0 Å². The number of anilines is 1. The van der Waals surface area contributed by atoms with Crippen LogP contribution < -0.4 is 15.6 Å². The van der Waals surface area contributed by atoms with Crippen LogP contribution >= 0.6 is 0 Å². The second kappa shape index (κ2) is 8.47. The Balaban J connectivity index is 1.60. The van der Waals surface area contributed by atoms with Gasteiger partial charge < -0.3 is 4.74 Å². The molecule has 144 valence electrons. The van der Waals surface area contributed by atoms with Gasteiger partial charge >= 0.3 is 6.18 Å². The summed E-state index contributed by atoms with van der Waals surface area (Å²) in [7, 11) is 0. The summed E-state index contributed by atoms with van der Waals surface area (Å²) in [6.45, 7) is 0.356. The van der Waals surface area contributed by atoms with E-state index in [1.54, 1.807) is 24.3 Å². The third-order valence-electron chi connectivity index (χ3n) is 3.85. The van der Waals surface area contributed by atoms with Crippen LogP contribution in [-0.4, -0.2) is 5.91 Å². The Morgan fingerprint density at radius 3 is 2.39 bits per heavy atom. The quantitative estimate of drug-likeness (QED) is 0.584. The lowest BCUT2D eigenvalue weighted by atomic mass is 10.2. The molecule has 7 heteroatoms. The first-order valence-corrected chi connectivity index (χ1v) is 8.42. The van der Waals surface area contributed by atoms with E-state index >= 15 is 0 Å². The van der Waals surface area contributed by atoms with Gasteiger partial charge in [-0.2, -0.15) is 13.2 Å². The summed E-state index contributed by atoms with van der Waals surface area (Å²) in [5, 5.41) is 0. The molecule has 28 heavy (non-hydrogen) atoms. The van der Waals surface area contributed by atoms with Crippen molar-refractivity contribution in [3.05, 3.63) is 95.6 Å². The Morgan fingerprint density at radius 2 is 1.64 bits per heavy atom. The van der Waals surface area contributed by atoms with Gasteiger partial charge in [-0.3, -0.25) is 15.6 Å². The highest BCUT2D eigenvalue weighted by Crippen LogP contribution is 2.30. The molecule has 0 radical (unpaired) electrons. The molecule has 3 aromatic carbocycles. The highest BCUT2D eigenvalue weighted by Gasteiger charge is 2.30. The minimum Gasteiger partial charge on any atom is -0.489 e. The summed E-state index contributed by atoms with van der Waals surface area (Å²) in [4.78, 5) is 12.3. The molecule has 0 aromatic heterocycles. The fraction of sp³-hybridized carbons (Fsp3) is 0.0952. The average Bonchev–Trinajstić information content (AvgIpc) is 2.71. The largest absolute Gasteiger partial charge is 0.489 e. The van der Waals surface area contributed by atoms with Crippen molar-refractivity contribution in [2.45, 2.75) is 12.8 Å². The Hall–Kier alpha value is -3.48. The minimum absolute atomic E-state index is 0.125. The van der Waals surface area contributed by atoms with E-state index in [4.69, 9.17) is 4.74 Å². The summed E-state index contributed by atoms with van der Waals surface area (Å²) >= 11 is 0. The molecule has 0 bridgehead atoms. The number of carbonyl (C=O) groups excluding carboxylic acids is 1. The maximum Gasteiger partial charge on any atom is 0.416 e. The van der Waals surface area contributed by atoms with Gasteiger partial charge in [-0.1, -0.05) is 42.5 Å². The van der Waals surface area contributed by atoms with Crippen LogP contribution in [0.2, 0.25) is 0 Å². The molecule has 0 saturated carbocycles. The summed E-state index contributed by atoms with van der Waals surface area (Å²) < 4.78 is 43.9. The van der Waals surface area contributed by atoms with E-state index in [0.29, 0.717) is 17.9 Å². The molecule has 4 nitrogen and oxygen atoms in total. The molecule has 0 spiro atoms. The van der Waals surface area contributed by atoms with Crippen molar-refractivity contribution >= 4 is 11.6 Å². The fourth-order valence-corrected chi connectivity index (χ4v) is 2.44. The van der Waals surface area contributed by atoms with E-state index in [9.17, 15) is 18.0 Å². The highest BCUT2D eigenvalue weighted by atomic mass is 19.4. The third-order valence-corrected chi connectivity index (χ3v) is 3.85. The molecule has 0 aliphatic heterocycles. The maximum absolute atomic E-state index is 12.7. The number of alkyl halides is 3.